The van der Waals surface area contributed by atoms with Crippen LogP contribution in [0.3, 0.4) is 0 Å². The lowest BCUT2D eigenvalue weighted by Crippen LogP contribution is -2.23. The van der Waals surface area contributed by atoms with Gasteiger partial charge in [0.05, 0.1) is 24.2 Å². The minimum absolute atomic E-state index is 0.0869. The second kappa shape index (κ2) is 7.54. The first-order valence-electron chi connectivity index (χ1n) is 7.78. The van der Waals surface area contributed by atoms with Crippen LogP contribution in [0.25, 0.3) is 0 Å². The number of esters is 1. The summed E-state index contributed by atoms with van der Waals surface area (Å²) in [5, 5.41) is 7.56. The van der Waals surface area contributed by atoms with Gasteiger partial charge in [-0.2, -0.15) is 5.10 Å². The molecule has 24 heavy (non-hydrogen) atoms. The lowest BCUT2D eigenvalue weighted by molar-refractivity contribution is 0.0607. The number of carbonyl (C=O) groups is 1. The molecule has 0 aliphatic carbocycles. The van der Waals surface area contributed by atoms with Crippen molar-refractivity contribution in [3.05, 3.63) is 34.3 Å². The maximum absolute atomic E-state index is 12.0. The Bertz CT molecular complexity index is 746. The van der Waals surface area contributed by atoms with Gasteiger partial charge >= 0.3 is 5.97 Å². The zero-order valence-electron chi connectivity index (χ0n) is 14.7. The van der Waals surface area contributed by atoms with E-state index in [2.05, 4.69) is 43.0 Å². The second-order valence-corrected chi connectivity index (χ2v) is 7.67. The molecule has 0 saturated carbocycles. The van der Waals surface area contributed by atoms with E-state index in [-0.39, 0.29) is 17.4 Å². The van der Waals surface area contributed by atoms with Crippen molar-refractivity contribution in [2.75, 3.05) is 12.4 Å². The van der Waals surface area contributed by atoms with E-state index >= 15 is 0 Å². The van der Waals surface area contributed by atoms with Gasteiger partial charge in [0.2, 0.25) is 0 Å². The van der Waals surface area contributed by atoms with Gasteiger partial charge in [-0.1, -0.05) is 11.8 Å². The van der Waals surface area contributed by atoms with Crippen LogP contribution in [0.5, 0.6) is 0 Å². The van der Waals surface area contributed by atoms with Crippen LogP contribution in [-0.4, -0.2) is 28.9 Å². The standard InChI is InChI=1S/C18H23N3O2S/c1-13(12-21-10-6-9-19-21)20-15-11-14(7-8-18(2,3)4)24-16(15)17(22)23-5/h6,9-11,13,20H,12H2,1-5H3. The summed E-state index contributed by atoms with van der Waals surface area (Å²) in [6, 6.07) is 3.90. The summed E-state index contributed by atoms with van der Waals surface area (Å²) < 4.78 is 6.74. The second-order valence-electron chi connectivity index (χ2n) is 6.62. The zero-order valence-corrected chi connectivity index (χ0v) is 15.5. The third kappa shape index (κ3) is 5.14. The average Bonchev–Trinajstić information content (AvgIpc) is 3.13. The number of nitrogens with one attached hydrogen (secondary N) is 1. The van der Waals surface area contributed by atoms with Crippen LogP contribution in [0.1, 0.15) is 42.2 Å². The van der Waals surface area contributed by atoms with Gasteiger partial charge in [0.15, 0.2) is 0 Å². The van der Waals surface area contributed by atoms with E-state index < -0.39 is 0 Å². The number of aromatic nitrogens is 2. The van der Waals surface area contributed by atoms with Crippen molar-refractivity contribution < 1.29 is 9.53 Å². The number of thiophene rings is 1. The summed E-state index contributed by atoms with van der Waals surface area (Å²) in [5.74, 6) is 5.99. The summed E-state index contributed by atoms with van der Waals surface area (Å²) in [5.41, 5.74) is 0.667. The monoisotopic (exact) mass is 345 g/mol. The summed E-state index contributed by atoms with van der Waals surface area (Å²) in [4.78, 5) is 13.4. The van der Waals surface area contributed by atoms with E-state index in [1.54, 1.807) is 6.20 Å². The van der Waals surface area contributed by atoms with Crippen LogP contribution >= 0.6 is 11.3 Å². The summed E-state index contributed by atoms with van der Waals surface area (Å²) in [6.07, 6.45) is 3.66. The quantitative estimate of drug-likeness (QED) is 0.664. The SMILES string of the molecule is COC(=O)c1sc(C#CC(C)(C)C)cc1NC(C)Cn1cccn1. The van der Waals surface area contributed by atoms with Gasteiger partial charge in [0, 0.05) is 23.9 Å². The van der Waals surface area contributed by atoms with Gasteiger partial charge in [0.25, 0.3) is 0 Å². The minimum atomic E-state index is -0.349. The van der Waals surface area contributed by atoms with Crippen molar-refractivity contribution in [3.63, 3.8) is 0 Å². The van der Waals surface area contributed by atoms with Gasteiger partial charge in [-0.3, -0.25) is 4.68 Å². The molecule has 0 spiro atoms. The lowest BCUT2D eigenvalue weighted by atomic mass is 9.98. The first kappa shape index (κ1) is 18.1. The first-order valence-corrected chi connectivity index (χ1v) is 8.59. The zero-order chi connectivity index (χ0) is 17.7. The third-order valence-electron chi connectivity index (χ3n) is 3.09. The van der Waals surface area contributed by atoms with Crippen molar-refractivity contribution in [2.45, 2.75) is 40.3 Å². The Kier molecular flexibility index (Phi) is 5.68. The Morgan fingerprint density at radius 3 is 2.83 bits per heavy atom. The molecule has 1 N–H and O–H groups in total. The predicted molar refractivity (Wildman–Crippen MR) is 97.3 cm³/mol. The molecule has 6 heteroatoms. The smallest absolute Gasteiger partial charge is 0.350 e. The number of ether oxygens (including phenoxy) is 1. The number of hydrogen-bond acceptors (Lipinski definition) is 5. The molecule has 2 aromatic heterocycles. The van der Waals surface area contributed by atoms with Gasteiger partial charge < -0.3 is 10.1 Å². The van der Waals surface area contributed by atoms with E-state index in [9.17, 15) is 4.79 Å². The van der Waals surface area contributed by atoms with Crippen LogP contribution in [-0.2, 0) is 11.3 Å². The Morgan fingerprint density at radius 1 is 1.50 bits per heavy atom. The van der Waals surface area contributed by atoms with Crippen LogP contribution in [0.2, 0.25) is 0 Å². The third-order valence-corrected chi connectivity index (χ3v) is 4.12. The molecular weight excluding hydrogens is 322 g/mol. The highest BCUT2D eigenvalue weighted by Crippen LogP contribution is 2.28. The van der Waals surface area contributed by atoms with Gasteiger partial charge in [0.1, 0.15) is 4.88 Å². The van der Waals surface area contributed by atoms with Gasteiger partial charge in [-0.25, -0.2) is 4.79 Å². The van der Waals surface area contributed by atoms with E-state index in [0.717, 1.165) is 10.6 Å². The molecule has 0 saturated heterocycles. The normalized spacial score (nSPS) is 12.2. The fourth-order valence-corrected chi connectivity index (χ4v) is 2.95. The van der Waals surface area contributed by atoms with Crippen molar-refractivity contribution in [1.29, 1.82) is 0 Å². The van der Waals surface area contributed by atoms with E-state index in [1.165, 1.54) is 18.4 Å². The number of carbonyl (C=O) groups excluding carboxylic acids is 1. The molecule has 0 radical (unpaired) electrons. The van der Waals surface area contributed by atoms with Crippen LogP contribution in [0, 0.1) is 17.3 Å². The van der Waals surface area contributed by atoms with Gasteiger partial charge in [-0.05, 0) is 39.8 Å². The van der Waals surface area contributed by atoms with E-state index in [1.807, 2.05) is 29.9 Å². The average molecular weight is 345 g/mol. The Balaban J connectivity index is 2.21. The Labute approximate surface area is 147 Å². The number of nitrogens with zero attached hydrogens (tertiary/aromatic N) is 2. The molecule has 0 fully saturated rings. The molecule has 2 aromatic rings. The highest BCUT2D eigenvalue weighted by Gasteiger charge is 2.18. The van der Waals surface area contributed by atoms with Crippen LogP contribution < -0.4 is 5.32 Å². The summed E-state index contributed by atoms with van der Waals surface area (Å²) >= 11 is 1.35. The minimum Gasteiger partial charge on any atom is -0.465 e. The van der Waals surface area contributed by atoms with Crippen LogP contribution in [0.15, 0.2) is 24.5 Å². The van der Waals surface area contributed by atoms with Gasteiger partial charge in [-0.15, -0.1) is 11.3 Å². The molecule has 0 bridgehead atoms. The molecule has 2 heterocycles. The highest BCUT2D eigenvalue weighted by molar-refractivity contribution is 7.15. The summed E-state index contributed by atoms with van der Waals surface area (Å²) in [6.45, 7) is 8.91. The molecular formula is C18H23N3O2S. The Morgan fingerprint density at radius 2 is 2.25 bits per heavy atom. The molecule has 0 aliphatic heterocycles. The molecule has 0 amide bonds. The first-order chi connectivity index (χ1) is 11.3. The maximum Gasteiger partial charge on any atom is 0.350 e. The number of rotatable bonds is 5. The maximum atomic E-state index is 12.0. The molecule has 0 aliphatic rings. The number of hydrogen-bond donors (Lipinski definition) is 1. The molecule has 128 valence electrons. The lowest BCUT2D eigenvalue weighted by Gasteiger charge is -2.15. The van der Waals surface area contributed by atoms with E-state index in [0.29, 0.717) is 11.4 Å². The Hall–Kier alpha value is -2.26. The van der Waals surface area contributed by atoms with Crippen LogP contribution in [0.4, 0.5) is 5.69 Å². The fraction of sp³-hybridized carbons (Fsp3) is 0.444. The van der Waals surface area contributed by atoms with Crippen molar-refractivity contribution in [2.24, 2.45) is 5.41 Å². The fourth-order valence-electron chi connectivity index (χ4n) is 2.05. The van der Waals surface area contributed by atoms with Crippen molar-refractivity contribution in [3.8, 4) is 11.8 Å². The highest BCUT2D eigenvalue weighted by atomic mass is 32.1. The number of anilines is 1. The molecule has 1 atom stereocenters. The summed E-state index contributed by atoms with van der Waals surface area (Å²) in [7, 11) is 1.39. The largest absolute Gasteiger partial charge is 0.465 e. The number of methoxy groups -OCH3 is 1. The van der Waals surface area contributed by atoms with Crippen molar-refractivity contribution >= 4 is 23.0 Å². The topological polar surface area (TPSA) is 56.1 Å². The molecule has 0 aromatic carbocycles. The predicted octanol–water partition coefficient (Wildman–Crippen LogP) is 3.63. The molecule has 5 nitrogen and oxygen atoms in total. The van der Waals surface area contributed by atoms with E-state index in [4.69, 9.17) is 4.74 Å². The van der Waals surface area contributed by atoms with Crippen molar-refractivity contribution in [1.82, 2.24) is 9.78 Å². The molecule has 2 rings (SSSR count). The molecule has 1 unspecified atom stereocenters.